The third-order valence-corrected chi connectivity index (χ3v) is 1.29. The Labute approximate surface area is 51.6 Å². The van der Waals surface area contributed by atoms with Crippen molar-refractivity contribution in [3.8, 4) is 0 Å². The van der Waals surface area contributed by atoms with Crippen molar-refractivity contribution in [3.05, 3.63) is 12.2 Å². The maximum atomic E-state index is 5.42. The molecule has 0 spiro atoms. The van der Waals surface area contributed by atoms with E-state index in [9.17, 15) is 0 Å². The van der Waals surface area contributed by atoms with Gasteiger partial charge in [-0.25, -0.2) is 0 Å². The van der Waals surface area contributed by atoms with Crippen LogP contribution in [0.2, 0.25) is 0 Å². The summed E-state index contributed by atoms with van der Waals surface area (Å²) in [6, 6.07) is 0. The summed E-state index contributed by atoms with van der Waals surface area (Å²) in [5, 5.41) is 0. The van der Waals surface area contributed by atoms with Crippen molar-refractivity contribution in [1.29, 1.82) is 0 Å². The first-order chi connectivity index (χ1) is 3.85. The lowest BCUT2D eigenvalue weighted by atomic mass is 10.1. The molecular weight excluding hydrogens is 98.1 g/mol. The van der Waals surface area contributed by atoms with Crippen LogP contribution in [0.1, 0.15) is 20.3 Å². The molecule has 48 valence electrons. The summed E-state index contributed by atoms with van der Waals surface area (Å²) < 4.78 is 0. The Morgan fingerprint density at radius 2 is 2.25 bits per heavy atom. The average Bonchev–Trinajstić information content (AvgIpc) is 1.83. The first kappa shape index (κ1) is 7.70. The van der Waals surface area contributed by atoms with Gasteiger partial charge in [-0.2, -0.15) is 0 Å². The topological polar surface area (TPSA) is 26.0 Å². The van der Waals surface area contributed by atoms with Crippen molar-refractivity contribution in [2.75, 3.05) is 6.54 Å². The smallest absolute Gasteiger partial charge is 0.00143 e. The lowest BCUT2D eigenvalue weighted by Gasteiger charge is -2.02. The molecule has 1 nitrogen and oxygen atoms in total. The molecule has 1 atom stereocenters. The van der Waals surface area contributed by atoms with Gasteiger partial charge in [0.05, 0.1) is 0 Å². The fraction of sp³-hybridized carbons (Fsp3) is 0.714. The zero-order chi connectivity index (χ0) is 6.41. The predicted octanol–water partition coefficient (Wildman–Crippen LogP) is 1.55. The van der Waals surface area contributed by atoms with Gasteiger partial charge in [-0.15, -0.1) is 0 Å². The molecule has 0 aliphatic carbocycles. The summed E-state index contributed by atoms with van der Waals surface area (Å²) in [5.74, 6) is 0.597. The largest absolute Gasteiger partial charge is 0.330 e. The normalized spacial score (nSPS) is 14.9. The molecule has 0 aromatic rings. The van der Waals surface area contributed by atoms with Gasteiger partial charge in [0.1, 0.15) is 0 Å². The Morgan fingerprint density at radius 3 is 2.38 bits per heavy atom. The maximum absolute atomic E-state index is 5.42. The molecular formula is C7H15N. The van der Waals surface area contributed by atoms with Crippen molar-refractivity contribution in [2.24, 2.45) is 11.7 Å². The lowest BCUT2D eigenvalue weighted by molar-refractivity contribution is 0.639. The minimum atomic E-state index is 0.597. The van der Waals surface area contributed by atoms with E-state index in [4.69, 9.17) is 5.73 Å². The molecule has 0 amide bonds. The van der Waals surface area contributed by atoms with Crippen molar-refractivity contribution in [1.82, 2.24) is 0 Å². The van der Waals surface area contributed by atoms with Crippen LogP contribution in [0.25, 0.3) is 0 Å². The fourth-order valence-electron chi connectivity index (χ4n) is 0.653. The van der Waals surface area contributed by atoms with Gasteiger partial charge in [-0.3, -0.25) is 0 Å². The first-order valence-corrected chi connectivity index (χ1v) is 3.18. The van der Waals surface area contributed by atoms with Gasteiger partial charge in [-0.1, -0.05) is 19.1 Å². The molecule has 0 radical (unpaired) electrons. The molecule has 0 saturated heterocycles. The van der Waals surface area contributed by atoms with E-state index in [0.717, 1.165) is 13.0 Å². The molecule has 0 saturated carbocycles. The predicted molar refractivity (Wildman–Crippen MR) is 37.6 cm³/mol. The van der Waals surface area contributed by atoms with Crippen LogP contribution >= 0.6 is 0 Å². The van der Waals surface area contributed by atoms with E-state index in [1.807, 2.05) is 6.92 Å². The van der Waals surface area contributed by atoms with Crippen LogP contribution in [-0.2, 0) is 0 Å². The van der Waals surface area contributed by atoms with E-state index in [0.29, 0.717) is 5.92 Å². The summed E-state index contributed by atoms with van der Waals surface area (Å²) in [7, 11) is 0. The highest BCUT2D eigenvalue weighted by Crippen LogP contribution is 2.00. The maximum Gasteiger partial charge on any atom is -0.00143 e. The van der Waals surface area contributed by atoms with Crippen LogP contribution in [-0.4, -0.2) is 6.54 Å². The molecule has 0 heterocycles. The number of hydrogen-bond acceptors (Lipinski definition) is 1. The van der Waals surface area contributed by atoms with Gasteiger partial charge in [0.2, 0.25) is 0 Å². The number of allylic oxidation sites excluding steroid dienone is 1. The molecule has 0 rings (SSSR count). The molecule has 0 aliphatic heterocycles. The van der Waals surface area contributed by atoms with Crippen molar-refractivity contribution in [3.63, 3.8) is 0 Å². The van der Waals surface area contributed by atoms with E-state index in [2.05, 4.69) is 19.1 Å². The van der Waals surface area contributed by atoms with Crippen LogP contribution in [0, 0.1) is 5.92 Å². The summed E-state index contributed by atoms with van der Waals surface area (Å²) in [6.45, 7) is 4.96. The zero-order valence-corrected chi connectivity index (χ0v) is 5.72. The average molecular weight is 113 g/mol. The standard InChI is InChI=1S/C7H15N/c1-3-5-7(4-2)6-8/h3,5,7H,4,6,8H2,1-2H3/b5-3-. The molecule has 0 fully saturated rings. The highest BCUT2D eigenvalue weighted by molar-refractivity contribution is 4.84. The second kappa shape index (κ2) is 4.85. The van der Waals surface area contributed by atoms with E-state index in [1.54, 1.807) is 0 Å². The Hall–Kier alpha value is -0.300. The monoisotopic (exact) mass is 113 g/mol. The van der Waals surface area contributed by atoms with E-state index >= 15 is 0 Å². The highest BCUT2D eigenvalue weighted by atomic mass is 14.5. The molecule has 1 heteroatoms. The Bertz CT molecular complexity index is 62.8. The SMILES string of the molecule is C/C=C\C(CC)CN. The van der Waals surface area contributed by atoms with Crippen LogP contribution in [0.3, 0.4) is 0 Å². The molecule has 0 aliphatic rings. The highest BCUT2D eigenvalue weighted by Gasteiger charge is 1.93. The molecule has 0 bridgehead atoms. The zero-order valence-electron chi connectivity index (χ0n) is 5.72. The minimum absolute atomic E-state index is 0.597. The molecule has 8 heavy (non-hydrogen) atoms. The van der Waals surface area contributed by atoms with Crippen molar-refractivity contribution >= 4 is 0 Å². The summed E-state index contributed by atoms with van der Waals surface area (Å²) in [4.78, 5) is 0. The van der Waals surface area contributed by atoms with Crippen LogP contribution < -0.4 is 5.73 Å². The summed E-state index contributed by atoms with van der Waals surface area (Å²) in [6.07, 6.45) is 5.36. The van der Waals surface area contributed by atoms with E-state index < -0.39 is 0 Å². The second-order valence-corrected chi connectivity index (χ2v) is 1.93. The number of nitrogens with two attached hydrogens (primary N) is 1. The molecule has 0 aromatic heterocycles. The van der Waals surface area contributed by atoms with Crippen molar-refractivity contribution < 1.29 is 0 Å². The fourth-order valence-corrected chi connectivity index (χ4v) is 0.653. The second-order valence-electron chi connectivity index (χ2n) is 1.93. The summed E-state index contributed by atoms with van der Waals surface area (Å²) in [5.41, 5.74) is 5.42. The lowest BCUT2D eigenvalue weighted by Crippen LogP contribution is -2.10. The van der Waals surface area contributed by atoms with Crippen LogP contribution in [0.4, 0.5) is 0 Å². The quantitative estimate of drug-likeness (QED) is 0.552. The molecule has 1 unspecified atom stereocenters. The van der Waals surface area contributed by atoms with E-state index in [1.165, 1.54) is 0 Å². The third kappa shape index (κ3) is 2.80. The van der Waals surface area contributed by atoms with Gasteiger partial charge < -0.3 is 5.73 Å². The Kier molecular flexibility index (Phi) is 4.67. The van der Waals surface area contributed by atoms with Gasteiger partial charge in [0.25, 0.3) is 0 Å². The van der Waals surface area contributed by atoms with Crippen LogP contribution in [0.5, 0.6) is 0 Å². The number of rotatable bonds is 3. The Balaban J connectivity index is 3.36. The summed E-state index contributed by atoms with van der Waals surface area (Å²) >= 11 is 0. The number of hydrogen-bond donors (Lipinski definition) is 1. The van der Waals surface area contributed by atoms with Crippen LogP contribution in [0.15, 0.2) is 12.2 Å². The van der Waals surface area contributed by atoms with Gasteiger partial charge in [0.15, 0.2) is 0 Å². The van der Waals surface area contributed by atoms with Gasteiger partial charge in [0, 0.05) is 0 Å². The minimum Gasteiger partial charge on any atom is -0.330 e. The molecule has 0 aromatic carbocycles. The van der Waals surface area contributed by atoms with E-state index in [-0.39, 0.29) is 0 Å². The Morgan fingerprint density at radius 1 is 1.62 bits per heavy atom. The first-order valence-electron chi connectivity index (χ1n) is 3.18. The van der Waals surface area contributed by atoms with Crippen molar-refractivity contribution in [2.45, 2.75) is 20.3 Å². The van der Waals surface area contributed by atoms with Gasteiger partial charge in [-0.05, 0) is 25.8 Å². The van der Waals surface area contributed by atoms with Gasteiger partial charge >= 0.3 is 0 Å². The third-order valence-electron chi connectivity index (χ3n) is 1.29. The molecule has 2 N–H and O–H groups in total.